The molecule has 2 aliphatic rings. The molecule has 3 rings (SSSR count). The number of alkyl halides is 1. The van der Waals surface area contributed by atoms with Crippen molar-refractivity contribution in [3.8, 4) is 0 Å². The molecule has 4 heteroatoms. The highest BCUT2D eigenvalue weighted by Gasteiger charge is 2.23. The van der Waals surface area contributed by atoms with E-state index in [0.29, 0.717) is 10.9 Å². The summed E-state index contributed by atoms with van der Waals surface area (Å²) >= 11 is 3.73. The fourth-order valence-electron chi connectivity index (χ4n) is 3.63. The molecule has 1 saturated carbocycles. The van der Waals surface area contributed by atoms with Crippen LogP contribution in [0.25, 0.3) is 0 Å². The van der Waals surface area contributed by atoms with Gasteiger partial charge in [-0.3, -0.25) is 9.58 Å². The van der Waals surface area contributed by atoms with Gasteiger partial charge in [-0.1, -0.05) is 35.7 Å². The van der Waals surface area contributed by atoms with Gasteiger partial charge in [0, 0.05) is 17.6 Å². The molecule has 1 aliphatic heterocycles. The Hall–Kier alpha value is -0.350. The van der Waals surface area contributed by atoms with Crippen LogP contribution in [0.5, 0.6) is 0 Å². The maximum Gasteiger partial charge on any atom is 0.0764 e. The standard InChI is InChI=1S/C16H26BrN3/c1-13(17)14-6-9-19(10-7-14)12-15-8-11-20(18-15)16-4-2-3-5-16/h8,11,13-14,16H,2-7,9-10,12H2,1H3. The number of likely N-dealkylation sites (tertiary alicyclic amines) is 1. The van der Waals surface area contributed by atoms with Crippen molar-refractivity contribution in [1.82, 2.24) is 14.7 Å². The summed E-state index contributed by atoms with van der Waals surface area (Å²) in [6.07, 6.45) is 10.2. The largest absolute Gasteiger partial charge is 0.297 e. The predicted octanol–water partition coefficient (Wildman–Crippen LogP) is 3.99. The fraction of sp³-hybridized carbons (Fsp3) is 0.812. The summed E-state index contributed by atoms with van der Waals surface area (Å²) in [5, 5.41) is 4.81. The van der Waals surface area contributed by atoms with Gasteiger partial charge in [-0.05, 0) is 50.8 Å². The highest BCUT2D eigenvalue weighted by molar-refractivity contribution is 9.09. The lowest BCUT2D eigenvalue weighted by Crippen LogP contribution is -2.35. The molecular formula is C16H26BrN3. The van der Waals surface area contributed by atoms with Crippen LogP contribution in [0.2, 0.25) is 0 Å². The van der Waals surface area contributed by atoms with Gasteiger partial charge < -0.3 is 0 Å². The Morgan fingerprint density at radius 3 is 2.60 bits per heavy atom. The van der Waals surface area contributed by atoms with Crippen molar-refractivity contribution < 1.29 is 0 Å². The van der Waals surface area contributed by atoms with Gasteiger partial charge in [-0.15, -0.1) is 0 Å². The zero-order chi connectivity index (χ0) is 13.9. The van der Waals surface area contributed by atoms with Gasteiger partial charge in [0.2, 0.25) is 0 Å². The minimum Gasteiger partial charge on any atom is -0.297 e. The normalized spacial score (nSPS) is 24.3. The van der Waals surface area contributed by atoms with Crippen molar-refractivity contribution in [2.45, 2.75) is 62.9 Å². The first-order chi connectivity index (χ1) is 9.72. The molecular weight excluding hydrogens is 314 g/mol. The van der Waals surface area contributed by atoms with E-state index < -0.39 is 0 Å². The number of aromatic nitrogens is 2. The van der Waals surface area contributed by atoms with E-state index in [2.05, 4.69) is 44.7 Å². The number of piperidine rings is 1. The highest BCUT2D eigenvalue weighted by atomic mass is 79.9. The average Bonchev–Trinajstić information content (AvgIpc) is 3.09. The van der Waals surface area contributed by atoms with Gasteiger partial charge in [0.25, 0.3) is 0 Å². The molecule has 1 aromatic rings. The van der Waals surface area contributed by atoms with Crippen molar-refractivity contribution in [2.24, 2.45) is 5.92 Å². The number of halogens is 1. The smallest absolute Gasteiger partial charge is 0.0764 e. The number of rotatable bonds is 4. The number of hydrogen-bond acceptors (Lipinski definition) is 2. The van der Waals surface area contributed by atoms with Crippen LogP contribution in [0.15, 0.2) is 12.3 Å². The predicted molar refractivity (Wildman–Crippen MR) is 86.1 cm³/mol. The highest BCUT2D eigenvalue weighted by Crippen LogP contribution is 2.29. The topological polar surface area (TPSA) is 21.1 Å². The Morgan fingerprint density at radius 2 is 1.95 bits per heavy atom. The first kappa shape index (κ1) is 14.6. The lowest BCUT2D eigenvalue weighted by atomic mass is 9.94. The van der Waals surface area contributed by atoms with E-state index in [1.54, 1.807) is 0 Å². The van der Waals surface area contributed by atoms with Crippen molar-refractivity contribution in [3.05, 3.63) is 18.0 Å². The van der Waals surface area contributed by atoms with E-state index in [-0.39, 0.29) is 0 Å². The van der Waals surface area contributed by atoms with Crippen LogP contribution in [-0.4, -0.2) is 32.6 Å². The Bertz CT molecular complexity index is 415. The molecule has 1 atom stereocenters. The van der Waals surface area contributed by atoms with Gasteiger partial charge in [0.05, 0.1) is 11.7 Å². The second kappa shape index (κ2) is 6.61. The van der Waals surface area contributed by atoms with Crippen LogP contribution in [0.3, 0.4) is 0 Å². The summed E-state index contributed by atoms with van der Waals surface area (Å²) in [4.78, 5) is 3.22. The van der Waals surface area contributed by atoms with E-state index in [0.717, 1.165) is 12.5 Å². The maximum absolute atomic E-state index is 4.81. The molecule has 0 spiro atoms. The van der Waals surface area contributed by atoms with Crippen molar-refractivity contribution in [3.63, 3.8) is 0 Å². The van der Waals surface area contributed by atoms with Crippen LogP contribution in [-0.2, 0) is 6.54 Å². The van der Waals surface area contributed by atoms with E-state index >= 15 is 0 Å². The third kappa shape index (κ3) is 3.45. The minimum atomic E-state index is 0.659. The molecule has 1 aromatic heterocycles. The first-order valence-electron chi connectivity index (χ1n) is 8.13. The molecule has 0 amide bonds. The molecule has 1 unspecified atom stereocenters. The molecule has 2 heterocycles. The van der Waals surface area contributed by atoms with E-state index in [9.17, 15) is 0 Å². The number of nitrogens with zero attached hydrogens (tertiary/aromatic N) is 3. The Kier molecular flexibility index (Phi) is 4.82. The van der Waals surface area contributed by atoms with E-state index in [1.165, 1.54) is 57.3 Å². The first-order valence-corrected chi connectivity index (χ1v) is 9.04. The zero-order valence-electron chi connectivity index (χ0n) is 12.5. The lowest BCUT2D eigenvalue weighted by Gasteiger charge is -2.32. The molecule has 1 saturated heterocycles. The van der Waals surface area contributed by atoms with Crippen LogP contribution >= 0.6 is 15.9 Å². The van der Waals surface area contributed by atoms with Crippen molar-refractivity contribution >= 4 is 15.9 Å². The quantitative estimate of drug-likeness (QED) is 0.773. The maximum atomic E-state index is 4.81. The SMILES string of the molecule is CC(Br)C1CCN(Cc2ccn(C3CCCC3)n2)CC1. The summed E-state index contributed by atoms with van der Waals surface area (Å²) in [6.45, 7) is 5.75. The summed E-state index contributed by atoms with van der Waals surface area (Å²) < 4.78 is 2.22. The second-order valence-electron chi connectivity index (χ2n) is 6.52. The minimum absolute atomic E-state index is 0.659. The van der Waals surface area contributed by atoms with Gasteiger partial charge in [-0.25, -0.2) is 0 Å². The molecule has 0 radical (unpaired) electrons. The van der Waals surface area contributed by atoms with Crippen molar-refractivity contribution in [2.75, 3.05) is 13.1 Å². The molecule has 1 aliphatic carbocycles. The summed E-state index contributed by atoms with van der Waals surface area (Å²) in [5.41, 5.74) is 1.25. The Morgan fingerprint density at radius 1 is 1.25 bits per heavy atom. The third-order valence-corrected chi connectivity index (χ3v) is 5.78. The summed E-state index contributed by atoms with van der Waals surface area (Å²) in [5.74, 6) is 0.849. The fourth-order valence-corrected chi connectivity index (χ4v) is 4.16. The molecule has 0 N–H and O–H groups in total. The molecule has 112 valence electrons. The lowest BCUT2D eigenvalue weighted by molar-refractivity contribution is 0.176. The van der Waals surface area contributed by atoms with Gasteiger partial charge in [0.1, 0.15) is 0 Å². The average molecular weight is 340 g/mol. The molecule has 20 heavy (non-hydrogen) atoms. The van der Waals surface area contributed by atoms with E-state index in [4.69, 9.17) is 5.10 Å². The molecule has 0 aromatic carbocycles. The van der Waals surface area contributed by atoms with E-state index in [1.807, 2.05) is 0 Å². The van der Waals surface area contributed by atoms with Crippen molar-refractivity contribution in [1.29, 1.82) is 0 Å². The monoisotopic (exact) mass is 339 g/mol. The molecule has 3 nitrogen and oxygen atoms in total. The van der Waals surface area contributed by atoms with Crippen LogP contribution in [0.4, 0.5) is 0 Å². The Balaban J connectivity index is 1.51. The van der Waals surface area contributed by atoms with Gasteiger partial charge in [-0.2, -0.15) is 5.10 Å². The second-order valence-corrected chi connectivity index (χ2v) is 7.96. The summed E-state index contributed by atoms with van der Waals surface area (Å²) in [7, 11) is 0. The van der Waals surface area contributed by atoms with Gasteiger partial charge in [0.15, 0.2) is 0 Å². The third-order valence-electron chi connectivity index (χ3n) is 5.03. The summed E-state index contributed by atoms with van der Waals surface area (Å²) in [6, 6.07) is 2.89. The molecule has 2 fully saturated rings. The molecule has 0 bridgehead atoms. The number of hydrogen-bond donors (Lipinski definition) is 0. The van der Waals surface area contributed by atoms with Crippen LogP contribution in [0.1, 0.15) is 57.2 Å². The van der Waals surface area contributed by atoms with Crippen LogP contribution < -0.4 is 0 Å². The van der Waals surface area contributed by atoms with Crippen LogP contribution in [0, 0.1) is 5.92 Å². The Labute approximate surface area is 130 Å². The van der Waals surface area contributed by atoms with Gasteiger partial charge >= 0.3 is 0 Å². The zero-order valence-corrected chi connectivity index (χ0v) is 14.1.